The molecule has 134 valence electrons. The van der Waals surface area contributed by atoms with E-state index in [0.29, 0.717) is 18.8 Å². The number of hydrogen-bond acceptors (Lipinski definition) is 5. The maximum atomic E-state index is 15.6. The molecule has 4 rings (SSSR count). The molecule has 0 spiro atoms. The third-order valence-electron chi connectivity index (χ3n) is 4.58. The normalized spacial score (nSPS) is 20.3. The summed E-state index contributed by atoms with van der Waals surface area (Å²) in [5.74, 6) is 0.227. The highest BCUT2D eigenvalue weighted by Gasteiger charge is 2.44. The van der Waals surface area contributed by atoms with Gasteiger partial charge in [0.2, 0.25) is 11.5 Å². The van der Waals surface area contributed by atoms with Crippen molar-refractivity contribution in [3.8, 4) is 11.4 Å². The number of benzene rings is 1. The van der Waals surface area contributed by atoms with Crippen LogP contribution in [-0.2, 0) is 12.7 Å². The predicted molar refractivity (Wildman–Crippen MR) is 90.9 cm³/mol. The summed E-state index contributed by atoms with van der Waals surface area (Å²) in [4.78, 5) is 22.4. The maximum absolute atomic E-state index is 15.6. The third kappa shape index (κ3) is 2.87. The molecule has 0 radical (unpaired) electrons. The van der Waals surface area contributed by atoms with E-state index in [9.17, 15) is 4.79 Å². The number of amides is 1. The van der Waals surface area contributed by atoms with Gasteiger partial charge in [0.25, 0.3) is 11.8 Å². The van der Waals surface area contributed by atoms with E-state index in [1.165, 1.54) is 4.90 Å². The van der Waals surface area contributed by atoms with Crippen molar-refractivity contribution in [3.63, 3.8) is 0 Å². The van der Waals surface area contributed by atoms with Crippen LogP contribution >= 0.6 is 0 Å². The van der Waals surface area contributed by atoms with Gasteiger partial charge in [0.05, 0.1) is 6.54 Å². The van der Waals surface area contributed by atoms with Crippen molar-refractivity contribution in [2.45, 2.75) is 18.5 Å². The molecule has 1 saturated heterocycles. The van der Waals surface area contributed by atoms with E-state index in [2.05, 4.69) is 15.1 Å². The highest BCUT2D eigenvalue weighted by molar-refractivity contribution is 5.91. The first-order valence-corrected chi connectivity index (χ1v) is 8.42. The molecule has 26 heavy (non-hydrogen) atoms. The van der Waals surface area contributed by atoms with Crippen LogP contribution in [0.25, 0.3) is 11.4 Å². The lowest BCUT2D eigenvalue weighted by molar-refractivity contribution is 0.0144. The second kappa shape index (κ2) is 6.36. The Morgan fingerprint density at radius 3 is 2.85 bits per heavy atom. The Bertz CT molecular complexity index is 923. The molecule has 7 nitrogen and oxygen atoms in total. The molecule has 1 atom stereocenters. The number of carbonyl (C=O) groups excluding carboxylic acids is 1. The van der Waals surface area contributed by atoms with Crippen LogP contribution in [0.2, 0.25) is 0 Å². The molecule has 0 bridgehead atoms. The Morgan fingerprint density at radius 2 is 2.12 bits per heavy atom. The number of imidazole rings is 1. The zero-order valence-corrected chi connectivity index (χ0v) is 14.3. The SMILES string of the molecule is Cn1ccnc1C(=O)N1CCCC(F)(c2nc(-c3ccccc3)no2)C1. The van der Waals surface area contributed by atoms with E-state index in [-0.39, 0.29) is 30.6 Å². The van der Waals surface area contributed by atoms with Crippen molar-refractivity contribution in [3.05, 3.63) is 54.4 Å². The molecular weight excluding hydrogens is 337 g/mol. The average molecular weight is 355 g/mol. The molecule has 0 saturated carbocycles. The van der Waals surface area contributed by atoms with Gasteiger partial charge in [0, 0.05) is 31.5 Å². The van der Waals surface area contributed by atoms with Crippen molar-refractivity contribution < 1.29 is 13.7 Å². The van der Waals surface area contributed by atoms with Crippen LogP contribution in [0, 0.1) is 0 Å². The van der Waals surface area contributed by atoms with Gasteiger partial charge in [-0.1, -0.05) is 35.5 Å². The first-order chi connectivity index (χ1) is 12.6. The molecule has 0 N–H and O–H groups in total. The fourth-order valence-corrected chi connectivity index (χ4v) is 3.18. The van der Waals surface area contributed by atoms with Crippen molar-refractivity contribution in [2.75, 3.05) is 13.1 Å². The lowest BCUT2D eigenvalue weighted by atomic mass is 9.94. The zero-order valence-electron chi connectivity index (χ0n) is 14.3. The summed E-state index contributed by atoms with van der Waals surface area (Å²) < 4.78 is 22.4. The molecule has 1 unspecified atom stereocenters. The zero-order chi connectivity index (χ0) is 18.1. The van der Waals surface area contributed by atoms with E-state index in [1.807, 2.05) is 30.3 Å². The minimum atomic E-state index is -1.86. The van der Waals surface area contributed by atoms with Crippen LogP contribution in [0.5, 0.6) is 0 Å². The summed E-state index contributed by atoms with van der Waals surface area (Å²) in [5, 5.41) is 3.89. The van der Waals surface area contributed by atoms with Gasteiger partial charge >= 0.3 is 0 Å². The standard InChI is InChI=1S/C18H18FN5O2/c1-23-11-9-20-15(23)16(25)24-10-5-8-18(19,12-24)17-21-14(22-26-17)13-6-3-2-4-7-13/h2-4,6-7,9,11H,5,8,10,12H2,1H3. The Morgan fingerprint density at radius 1 is 1.31 bits per heavy atom. The molecule has 3 heterocycles. The summed E-state index contributed by atoms with van der Waals surface area (Å²) in [7, 11) is 1.73. The van der Waals surface area contributed by atoms with Gasteiger partial charge < -0.3 is 14.0 Å². The Labute approximate surface area is 149 Å². The Hall–Kier alpha value is -3.03. The summed E-state index contributed by atoms with van der Waals surface area (Å²) in [5.41, 5.74) is -1.11. The molecule has 1 amide bonds. The van der Waals surface area contributed by atoms with E-state index in [4.69, 9.17) is 4.52 Å². The number of likely N-dealkylation sites (tertiary alicyclic amines) is 1. The maximum Gasteiger partial charge on any atom is 0.289 e. The van der Waals surface area contributed by atoms with Gasteiger partial charge in [0.15, 0.2) is 5.82 Å². The predicted octanol–water partition coefficient (Wildman–Crippen LogP) is 2.57. The van der Waals surface area contributed by atoms with E-state index in [0.717, 1.165) is 5.56 Å². The van der Waals surface area contributed by atoms with Gasteiger partial charge in [-0.2, -0.15) is 4.98 Å². The van der Waals surface area contributed by atoms with Gasteiger partial charge in [0.1, 0.15) is 0 Å². The quantitative estimate of drug-likeness (QED) is 0.722. The third-order valence-corrected chi connectivity index (χ3v) is 4.58. The fraction of sp³-hybridized carbons (Fsp3) is 0.333. The molecule has 1 fully saturated rings. The largest absolute Gasteiger partial charge is 0.335 e. The minimum absolute atomic E-state index is 0.0892. The average Bonchev–Trinajstić information content (AvgIpc) is 3.31. The summed E-state index contributed by atoms with van der Waals surface area (Å²) in [6, 6.07) is 9.24. The number of nitrogens with zero attached hydrogens (tertiary/aromatic N) is 5. The van der Waals surface area contributed by atoms with Crippen LogP contribution in [-0.4, -0.2) is 43.6 Å². The summed E-state index contributed by atoms with van der Waals surface area (Å²) in [6.07, 6.45) is 3.97. The smallest absolute Gasteiger partial charge is 0.289 e. The van der Waals surface area contributed by atoms with E-state index < -0.39 is 5.67 Å². The molecule has 2 aromatic heterocycles. The van der Waals surface area contributed by atoms with Gasteiger partial charge in [-0.15, -0.1) is 0 Å². The first kappa shape index (κ1) is 16.4. The van der Waals surface area contributed by atoms with Crippen molar-refractivity contribution in [1.82, 2.24) is 24.6 Å². The Kier molecular flexibility index (Phi) is 4.02. The van der Waals surface area contributed by atoms with Crippen LogP contribution in [0.1, 0.15) is 29.4 Å². The Balaban J connectivity index is 1.57. The van der Waals surface area contributed by atoms with Crippen molar-refractivity contribution in [2.24, 2.45) is 7.05 Å². The number of halogens is 1. The van der Waals surface area contributed by atoms with Gasteiger partial charge in [-0.3, -0.25) is 4.79 Å². The van der Waals surface area contributed by atoms with Crippen molar-refractivity contribution in [1.29, 1.82) is 0 Å². The highest BCUT2D eigenvalue weighted by atomic mass is 19.1. The molecule has 8 heteroatoms. The van der Waals surface area contributed by atoms with Crippen molar-refractivity contribution >= 4 is 5.91 Å². The minimum Gasteiger partial charge on any atom is -0.335 e. The lowest BCUT2D eigenvalue weighted by Gasteiger charge is -2.34. The topological polar surface area (TPSA) is 77.1 Å². The molecule has 3 aromatic rings. The lowest BCUT2D eigenvalue weighted by Crippen LogP contribution is -2.47. The number of aromatic nitrogens is 4. The molecule has 1 aliphatic heterocycles. The van der Waals surface area contributed by atoms with Gasteiger partial charge in [-0.25, -0.2) is 9.37 Å². The van der Waals surface area contributed by atoms with E-state index >= 15 is 4.39 Å². The number of rotatable bonds is 3. The fourth-order valence-electron chi connectivity index (χ4n) is 3.18. The highest BCUT2D eigenvalue weighted by Crippen LogP contribution is 2.35. The monoisotopic (exact) mass is 355 g/mol. The van der Waals surface area contributed by atoms with Crippen LogP contribution in [0.3, 0.4) is 0 Å². The number of aryl methyl sites for hydroxylation is 1. The molecular formula is C18H18FN5O2. The number of hydrogen-bond donors (Lipinski definition) is 0. The molecule has 1 aliphatic rings. The summed E-state index contributed by atoms with van der Waals surface area (Å²) in [6.45, 7) is 0.339. The number of carbonyl (C=O) groups is 1. The second-order valence-electron chi connectivity index (χ2n) is 6.45. The van der Waals surface area contributed by atoms with Crippen LogP contribution < -0.4 is 0 Å². The summed E-state index contributed by atoms with van der Waals surface area (Å²) >= 11 is 0. The number of alkyl halides is 1. The van der Waals surface area contributed by atoms with Gasteiger partial charge in [-0.05, 0) is 12.8 Å². The van der Waals surface area contributed by atoms with Crippen LogP contribution in [0.15, 0.2) is 47.2 Å². The second-order valence-corrected chi connectivity index (χ2v) is 6.45. The molecule has 1 aromatic carbocycles. The van der Waals surface area contributed by atoms with Crippen LogP contribution in [0.4, 0.5) is 4.39 Å². The number of piperidine rings is 1. The molecule has 0 aliphatic carbocycles. The van der Waals surface area contributed by atoms with E-state index in [1.54, 1.807) is 24.0 Å². The first-order valence-electron chi connectivity index (χ1n) is 8.42.